The molecule has 0 saturated heterocycles. The largest absolute Gasteiger partial charge is 0.493 e. The van der Waals surface area contributed by atoms with Crippen LogP contribution in [0.2, 0.25) is 0 Å². The molecule has 1 aromatic carbocycles. The molecule has 0 aromatic heterocycles. The average molecular weight is 281 g/mol. The first kappa shape index (κ1) is 16.3. The minimum Gasteiger partial charge on any atom is -0.493 e. The monoisotopic (exact) mass is 281 g/mol. The Morgan fingerprint density at radius 3 is 2.60 bits per heavy atom. The fourth-order valence-corrected chi connectivity index (χ4v) is 1.58. The molecule has 0 saturated carbocycles. The van der Waals surface area contributed by atoms with Gasteiger partial charge in [0, 0.05) is 12.1 Å². The standard InChI is InChI=1S/C15H23NO4/c1-5-15(3,18)10-16-14(17)11-7-8-12(19-4)13(9-11)20-6-2/h7-9,18H,5-6,10H2,1-4H3,(H,16,17). The molecule has 2 N–H and O–H groups in total. The Hall–Kier alpha value is -1.75. The van der Waals surface area contributed by atoms with E-state index in [1.165, 1.54) is 0 Å². The predicted octanol–water partition coefficient (Wildman–Crippen LogP) is 1.98. The summed E-state index contributed by atoms with van der Waals surface area (Å²) in [5, 5.41) is 12.6. The normalized spacial score (nSPS) is 13.4. The summed E-state index contributed by atoms with van der Waals surface area (Å²) in [6, 6.07) is 4.99. The highest BCUT2D eigenvalue weighted by Crippen LogP contribution is 2.28. The summed E-state index contributed by atoms with van der Waals surface area (Å²) < 4.78 is 10.6. The number of carbonyl (C=O) groups is 1. The number of carbonyl (C=O) groups excluding carboxylic acids is 1. The molecule has 0 aliphatic rings. The quantitative estimate of drug-likeness (QED) is 0.802. The van der Waals surface area contributed by atoms with Gasteiger partial charge in [-0.05, 0) is 38.5 Å². The fourth-order valence-electron chi connectivity index (χ4n) is 1.58. The molecule has 0 fully saturated rings. The number of nitrogens with one attached hydrogen (secondary N) is 1. The molecule has 0 aliphatic heterocycles. The third-order valence-corrected chi connectivity index (χ3v) is 3.12. The SMILES string of the molecule is CCOc1cc(C(=O)NCC(C)(O)CC)ccc1OC. The van der Waals surface area contributed by atoms with Crippen LogP contribution in [-0.4, -0.2) is 36.9 Å². The molecule has 5 nitrogen and oxygen atoms in total. The minimum absolute atomic E-state index is 0.207. The van der Waals surface area contributed by atoms with Crippen LogP contribution in [0, 0.1) is 0 Å². The van der Waals surface area contributed by atoms with Crippen molar-refractivity contribution in [3.63, 3.8) is 0 Å². The number of methoxy groups -OCH3 is 1. The number of hydrogen-bond acceptors (Lipinski definition) is 4. The molecule has 20 heavy (non-hydrogen) atoms. The van der Waals surface area contributed by atoms with Gasteiger partial charge in [-0.3, -0.25) is 4.79 Å². The zero-order valence-electron chi connectivity index (χ0n) is 12.5. The lowest BCUT2D eigenvalue weighted by Gasteiger charge is -2.21. The highest BCUT2D eigenvalue weighted by atomic mass is 16.5. The third kappa shape index (κ3) is 4.42. The number of amides is 1. The Morgan fingerprint density at radius 1 is 1.35 bits per heavy atom. The van der Waals surface area contributed by atoms with Gasteiger partial charge < -0.3 is 19.9 Å². The first-order chi connectivity index (χ1) is 9.43. The van der Waals surface area contributed by atoms with E-state index in [0.29, 0.717) is 30.1 Å². The lowest BCUT2D eigenvalue weighted by Crippen LogP contribution is -2.40. The van der Waals surface area contributed by atoms with Crippen molar-refractivity contribution in [1.29, 1.82) is 0 Å². The number of hydrogen-bond donors (Lipinski definition) is 2. The van der Waals surface area contributed by atoms with Crippen LogP contribution in [0.4, 0.5) is 0 Å². The van der Waals surface area contributed by atoms with Gasteiger partial charge in [0.25, 0.3) is 5.91 Å². The van der Waals surface area contributed by atoms with Crippen molar-refractivity contribution in [2.24, 2.45) is 0 Å². The van der Waals surface area contributed by atoms with E-state index in [1.54, 1.807) is 32.2 Å². The summed E-state index contributed by atoms with van der Waals surface area (Å²) in [6.07, 6.45) is 0.570. The van der Waals surface area contributed by atoms with E-state index in [2.05, 4.69) is 5.32 Å². The molecular weight excluding hydrogens is 258 g/mol. The number of benzene rings is 1. The second-order valence-corrected chi connectivity index (χ2v) is 4.83. The highest BCUT2D eigenvalue weighted by molar-refractivity contribution is 5.94. The second-order valence-electron chi connectivity index (χ2n) is 4.83. The van der Waals surface area contributed by atoms with Crippen molar-refractivity contribution < 1.29 is 19.4 Å². The van der Waals surface area contributed by atoms with E-state index in [1.807, 2.05) is 13.8 Å². The lowest BCUT2D eigenvalue weighted by molar-refractivity contribution is 0.0518. The Labute approximate surface area is 119 Å². The first-order valence-electron chi connectivity index (χ1n) is 6.75. The van der Waals surface area contributed by atoms with Crippen molar-refractivity contribution in [2.45, 2.75) is 32.8 Å². The van der Waals surface area contributed by atoms with Crippen LogP contribution < -0.4 is 14.8 Å². The van der Waals surface area contributed by atoms with Crippen LogP contribution >= 0.6 is 0 Å². The van der Waals surface area contributed by atoms with Gasteiger partial charge in [-0.2, -0.15) is 0 Å². The first-order valence-corrected chi connectivity index (χ1v) is 6.75. The molecule has 1 amide bonds. The molecule has 1 unspecified atom stereocenters. The highest BCUT2D eigenvalue weighted by Gasteiger charge is 2.19. The molecular formula is C15H23NO4. The summed E-state index contributed by atoms with van der Waals surface area (Å²) in [6.45, 7) is 6.12. The van der Waals surface area contributed by atoms with Gasteiger partial charge in [0.15, 0.2) is 11.5 Å². The van der Waals surface area contributed by atoms with E-state index in [9.17, 15) is 9.90 Å². The van der Waals surface area contributed by atoms with Crippen molar-refractivity contribution in [3.8, 4) is 11.5 Å². The van der Waals surface area contributed by atoms with E-state index < -0.39 is 5.60 Å². The Balaban J connectivity index is 2.80. The van der Waals surface area contributed by atoms with E-state index in [0.717, 1.165) is 0 Å². The number of ether oxygens (including phenoxy) is 2. The number of aliphatic hydroxyl groups is 1. The topological polar surface area (TPSA) is 67.8 Å². The molecule has 112 valence electrons. The maximum atomic E-state index is 12.0. The van der Waals surface area contributed by atoms with Crippen molar-refractivity contribution in [2.75, 3.05) is 20.3 Å². The van der Waals surface area contributed by atoms with Crippen molar-refractivity contribution >= 4 is 5.91 Å². The van der Waals surface area contributed by atoms with E-state index in [4.69, 9.17) is 9.47 Å². The minimum atomic E-state index is -0.898. The summed E-state index contributed by atoms with van der Waals surface area (Å²) in [7, 11) is 1.55. The van der Waals surface area contributed by atoms with Crippen LogP contribution in [0.1, 0.15) is 37.6 Å². The Morgan fingerprint density at radius 2 is 2.05 bits per heavy atom. The van der Waals surface area contributed by atoms with Crippen LogP contribution in [0.3, 0.4) is 0 Å². The second kappa shape index (κ2) is 7.14. The summed E-state index contributed by atoms with van der Waals surface area (Å²) in [4.78, 5) is 12.0. The summed E-state index contributed by atoms with van der Waals surface area (Å²) in [5.41, 5.74) is -0.425. The molecule has 0 spiro atoms. The van der Waals surface area contributed by atoms with Crippen LogP contribution in [0.15, 0.2) is 18.2 Å². The molecule has 0 bridgehead atoms. The van der Waals surface area contributed by atoms with Crippen LogP contribution in [0.25, 0.3) is 0 Å². The summed E-state index contributed by atoms with van der Waals surface area (Å²) in [5.74, 6) is 0.871. The maximum Gasteiger partial charge on any atom is 0.251 e. The Kier molecular flexibility index (Phi) is 5.82. The molecule has 5 heteroatoms. The van der Waals surface area contributed by atoms with Gasteiger partial charge in [-0.25, -0.2) is 0 Å². The van der Waals surface area contributed by atoms with Gasteiger partial charge in [-0.15, -0.1) is 0 Å². The van der Waals surface area contributed by atoms with Crippen molar-refractivity contribution in [3.05, 3.63) is 23.8 Å². The van der Waals surface area contributed by atoms with Crippen molar-refractivity contribution in [1.82, 2.24) is 5.32 Å². The third-order valence-electron chi connectivity index (χ3n) is 3.12. The van der Waals surface area contributed by atoms with Gasteiger partial charge in [0.2, 0.25) is 0 Å². The molecule has 0 aliphatic carbocycles. The van der Waals surface area contributed by atoms with E-state index in [-0.39, 0.29) is 12.5 Å². The fraction of sp³-hybridized carbons (Fsp3) is 0.533. The smallest absolute Gasteiger partial charge is 0.251 e. The lowest BCUT2D eigenvalue weighted by atomic mass is 10.0. The average Bonchev–Trinajstić information content (AvgIpc) is 2.45. The molecule has 1 rings (SSSR count). The van der Waals surface area contributed by atoms with Gasteiger partial charge in [-0.1, -0.05) is 6.92 Å². The van der Waals surface area contributed by atoms with Gasteiger partial charge >= 0.3 is 0 Å². The molecule has 1 atom stereocenters. The summed E-state index contributed by atoms with van der Waals surface area (Å²) >= 11 is 0. The van der Waals surface area contributed by atoms with Gasteiger partial charge in [0.05, 0.1) is 19.3 Å². The van der Waals surface area contributed by atoms with Gasteiger partial charge in [0.1, 0.15) is 0 Å². The Bertz CT molecular complexity index is 457. The predicted molar refractivity (Wildman–Crippen MR) is 77.4 cm³/mol. The zero-order valence-corrected chi connectivity index (χ0v) is 12.5. The molecule has 1 aromatic rings. The van der Waals surface area contributed by atoms with E-state index >= 15 is 0 Å². The number of rotatable bonds is 7. The maximum absolute atomic E-state index is 12.0. The van der Waals surface area contributed by atoms with Crippen LogP contribution in [0.5, 0.6) is 11.5 Å². The van der Waals surface area contributed by atoms with Crippen LogP contribution in [-0.2, 0) is 0 Å². The molecule has 0 radical (unpaired) electrons. The molecule has 0 heterocycles. The zero-order chi connectivity index (χ0) is 15.2.